The summed E-state index contributed by atoms with van der Waals surface area (Å²) in [7, 11) is 0. The van der Waals surface area contributed by atoms with Gasteiger partial charge in [-0.25, -0.2) is 0 Å². The van der Waals surface area contributed by atoms with Crippen LogP contribution in [0.15, 0.2) is 42.5 Å². The third-order valence-corrected chi connectivity index (χ3v) is 5.11. The van der Waals surface area contributed by atoms with E-state index in [-0.39, 0.29) is 60.6 Å². The minimum atomic E-state index is -3.03. The Morgan fingerprint density at radius 1 is 0.933 bits per heavy atom. The molecule has 2 amide bonds. The quantitative estimate of drug-likeness (QED) is 0.804. The number of alkyl halides is 2. The molecule has 1 saturated heterocycles. The molecule has 8 heteroatoms. The number of carbonyl (C=O) groups is 2. The van der Waals surface area contributed by atoms with Gasteiger partial charge in [-0.15, -0.1) is 0 Å². The number of phenolic OH excluding ortho intramolecular Hbond substituents is 1. The predicted octanol–water partition coefficient (Wildman–Crippen LogP) is 3.72. The van der Waals surface area contributed by atoms with Gasteiger partial charge in [0.25, 0.3) is 11.8 Å². The molecule has 0 aromatic heterocycles. The molecule has 0 saturated carbocycles. The van der Waals surface area contributed by atoms with E-state index in [1.807, 2.05) is 13.8 Å². The summed E-state index contributed by atoms with van der Waals surface area (Å²) in [6, 6.07) is 10.8. The molecule has 0 spiro atoms. The molecule has 30 heavy (non-hydrogen) atoms. The molecule has 6 nitrogen and oxygen atoms in total. The van der Waals surface area contributed by atoms with Crippen LogP contribution in [0, 0.1) is 0 Å². The summed E-state index contributed by atoms with van der Waals surface area (Å²) in [4.78, 5) is 28.7. The van der Waals surface area contributed by atoms with Crippen molar-refractivity contribution in [2.75, 3.05) is 26.2 Å². The fraction of sp³-hybridized carbons (Fsp3) is 0.364. The minimum Gasteiger partial charge on any atom is -0.507 e. The number of amides is 2. The molecule has 0 aliphatic carbocycles. The lowest BCUT2D eigenvalue weighted by Crippen LogP contribution is -2.50. The maximum atomic E-state index is 12.9. The molecule has 1 N–H and O–H groups in total. The van der Waals surface area contributed by atoms with Crippen molar-refractivity contribution in [3.8, 4) is 11.5 Å². The highest BCUT2D eigenvalue weighted by atomic mass is 19.3. The number of ether oxygens (including phenoxy) is 1. The Bertz CT molecular complexity index is 925. The summed E-state index contributed by atoms with van der Waals surface area (Å²) in [5.74, 6) is -0.777. The van der Waals surface area contributed by atoms with Crippen molar-refractivity contribution >= 4 is 11.8 Å². The molecule has 0 bridgehead atoms. The zero-order valence-corrected chi connectivity index (χ0v) is 16.8. The second-order valence-corrected chi connectivity index (χ2v) is 7.39. The summed E-state index contributed by atoms with van der Waals surface area (Å²) < 4.78 is 29.7. The second kappa shape index (κ2) is 9.11. The number of aromatic hydroxyl groups is 1. The van der Waals surface area contributed by atoms with E-state index in [0.717, 1.165) is 5.56 Å². The van der Waals surface area contributed by atoms with Crippen molar-refractivity contribution in [1.29, 1.82) is 0 Å². The minimum absolute atomic E-state index is 0.0554. The van der Waals surface area contributed by atoms with E-state index < -0.39 is 12.5 Å². The van der Waals surface area contributed by atoms with E-state index in [1.54, 1.807) is 23.1 Å². The molecule has 3 rings (SSSR count). The standard InChI is InChI=1S/C22H24F2N2O4/c1-14(2)15-7-8-18(27)17(13-15)21(29)26-11-9-25(10-12-26)20(28)16-5-3-4-6-19(16)30-22(23)24/h3-8,13-14,22,27H,9-12H2,1-2H3. The first-order valence-corrected chi connectivity index (χ1v) is 9.73. The fourth-order valence-electron chi connectivity index (χ4n) is 3.38. The van der Waals surface area contributed by atoms with Gasteiger partial charge in [-0.1, -0.05) is 32.0 Å². The van der Waals surface area contributed by atoms with E-state index in [9.17, 15) is 23.5 Å². The normalized spacial score (nSPS) is 14.3. The molecule has 2 aromatic rings. The van der Waals surface area contributed by atoms with E-state index >= 15 is 0 Å². The molecule has 0 unspecified atom stereocenters. The Hall–Kier alpha value is -3.16. The maximum absolute atomic E-state index is 12.9. The van der Waals surface area contributed by atoms with Crippen molar-refractivity contribution in [2.24, 2.45) is 0 Å². The van der Waals surface area contributed by atoms with Crippen LogP contribution >= 0.6 is 0 Å². The van der Waals surface area contributed by atoms with Gasteiger partial charge < -0.3 is 19.6 Å². The Labute approximate surface area is 173 Å². The second-order valence-electron chi connectivity index (χ2n) is 7.39. The number of piperazine rings is 1. The number of para-hydroxylation sites is 1. The SMILES string of the molecule is CC(C)c1ccc(O)c(C(=O)N2CCN(C(=O)c3ccccc3OC(F)F)CC2)c1. The van der Waals surface area contributed by atoms with Gasteiger partial charge in [0.15, 0.2) is 0 Å². The van der Waals surface area contributed by atoms with Crippen LogP contribution in [-0.2, 0) is 0 Å². The van der Waals surface area contributed by atoms with Crippen molar-refractivity contribution in [3.63, 3.8) is 0 Å². The van der Waals surface area contributed by atoms with Crippen LogP contribution in [0.4, 0.5) is 8.78 Å². The van der Waals surface area contributed by atoms with Gasteiger partial charge in [-0.05, 0) is 35.7 Å². The average Bonchev–Trinajstić information content (AvgIpc) is 2.73. The molecule has 1 aliphatic rings. The molecular weight excluding hydrogens is 394 g/mol. The largest absolute Gasteiger partial charge is 0.507 e. The zero-order valence-electron chi connectivity index (χ0n) is 16.8. The molecule has 1 heterocycles. The summed E-state index contributed by atoms with van der Waals surface area (Å²) in [5.41, 5.74) is 1.23. The molecule has 0 atom stereocenters. The lowest BCUT2D eigenvalue weighted by Gasteiger charge is -2.35. The average molecular weight is 418 g/mol. The number of phenols is 1. The summed E-state index contributed by atoms with van der Waals surface area (Å²) >= 11 is 0. The van der Waals surface area contributed by atoms with Gasteiger partial charge in [0.1, 0.15) is 11.5 Å². The van der Waals surface area contributed by atoms with Gasteiger partial charge in [0.2, 0.25) is 0 Å². The van der Waals surface area contributed by atoms with E-state index in [4.69, 9.17) is 0 Å². The number of nitrogens with zero attached hydrogens (tertiary/aromatic N) is 2. The molecule has 2 aromatic carbocycles. The predicted molar refractivity (Wildman–Crippen MR) is 107 cm³/mol. The topological polar surface area (TPSA) is 70.1 Å². The lowest BCUT2D eigenvalue weighted by atomic mass is 9.99. The summed E-state index contributed by atoms with van der Waals surface area (Å²) in [6.45, 7) is 2.02. The number of rotatable bonds is 5. The van der Waals surface area contributed by atoms with Crippen molar-refractivity contribution < 1.29 is 28.2 Å². The van der Waals surface area contributed by atoms with Gasteiger partial charge in [-0.3, -0.25) is 9.59 Å². The Morgan fingerprint density at radius 2 is 1.50 bits per heavy atom. The van der Waals surface area contributed by atoms with E-state index in [2.05, 4.69) is 4.74 Å². The first kappa shape index (κ1) is 21.5. The number of halogens is 2. The maximum Gasteiger partial charge on any atom is 0.387 e. The van der Waals surface area contributed by atoms with Gasteiger partial charge in [0, 0.05) is 26.2 Å². The summed E-state index contributed by atoms with van der Waals surface area (Å²) in [6.07, 6.45) is 0. The van der Waals surface area contributed by atoms with Crippen LogP contribution in [0.1, 0.15) is 46.0 Å². The molecule has 1 fully saturated rings. The number of carbonyl (C=O) groups excluding carboxylic acids is 2. The highest BCUT2D eigenvalue weighted by Crippen LogP contribution is 2.26. The van der Waals surface area contributed by atoms with Crippen molar-refractivity contribution in [1.82, 2.24) is 9.80 Å². The van der Waals surface area contributed by atoms with Gasteiger partial charge in [0.05, 0.1) is 11.1 Å². The van der Waals surface area contributed by atoms with Crippen LogP contribution in [0.25, 0.3) is 0 Å². The van der Waals surface area contributed by atoms with Crippen molar-refractivity contribution in [2.45, 2.75) is 26.4 Å². The highest BCUT2D eigenvalue weighted by Gasteiger charge is 2.28. The number of hydrogen-bond acceptors (Lipinski definition) is 4. The molecule has 160 valence electrons. The van der Waals surface area contributed by atoms with Crippen LogP contribution in [0.2, 0.25) is 0 Å². The smallest absolute Gasteiger partial charge is 0.387 e. The van der Waals surface area contributed by atoms with Gasteiger partial charge in [-0.2, -0.15) is 8.78 Å². The van der Waals surface area contributed by atoms with Crippen LogP contribution in [0.5, 0.6) is 11.5 Å². The Balaban J connectivity index is 1.69. The lowest BCUT2D eigenvalue weighted by molar-refractivity contribution is -0.0503. The third kappa shape index (κ3) is 4.69. The Kier molecular flexibility index (Phi) is 6.54. The van der Waals surface area contributed by atoms with Crippen molar-refractivity contribution in [3.05, 3.63) is 59.2 Å². The number of benzene rings is 2. The fourth-order valence-corrected chi connectivity index (χ4v) is 3.38. The first-order chi connectivity index (χ1) is 14.3. The summed E-state index contributed by atoms with van der Waals surface area (Å²) in [5, 5.41) is 10.1. The zero-order chi connectivity index (χ0) is 21.8. The number of hydrogen-bond donors (Lipinski definition) is 1. The highest BCUT2D eigenvalue weighted by molar-refractivity contribution is 5.98. The van der Waals surface area contributed by atoms with Crippen LogP contribution < -0.4 is 4.74 Å². The first-order valence-electron chi connectivity index (χ1n) is 9.73. The van der Waals surface area contributed by atoms with E-state index in [1.165, 1.54) is 29.2 Å². The van der Waals surface area contributed by atoms with Gasteiger partial charge >= 0.3 is 6.61 Å². The van der Waals surface area contributed by atoms with Crippen LogP contribution in [-0.4, -0.2) is 59.5 Å². The van der Waals surface area contributed by atoms with Crippen LogP contribution in [0.3, 0.4) is 0 Å². The Morgan fingerprint density at radius 3 is 2.07 bits per heavy atom. The molecular formula is C22H24F2N2O4. The monoisotopic (exact) mass is 418 g/mol. The van der Waals surface area contributed by atoms with E-state index in [0.29, 0.717) is 0 Å². The molecule has 0 radical (unpaired) electrons. The third-order valence-electron chi connectivity index (χ3n) is 5.11. The molecule has 1 aliphatic heterocycles.